The van der Waals surface area contributed by atoms with Crippen molar-refractivity contribution in [3.05, 3.63) is 83.7 Å². The number of nitrogens with one attached hydrogen (secondary N) is 3. The lowest BCUT2D eigenvalue weighted by Crippen LogP contribution is -2.27. The maximum absolute atomic E-state index is 13.8. The first kappa shape index (κ1) is 19.6. The molecular formula is C19H17F2N3O3S. The van der Waals surface area contributed by atoms with Crippen LogP contribution in [0.25, 0.3) is 0 Å². The first-order valence-electron chi connectivity index (χ1n) is 8.29. The Morgan fingerprint density at radius 3 is 2.36 bits per heavy atom. The fourth-order valence-corrected chi connectivity index (χ4v) is 3.65. The minimum atomic E-state index is -4.10. The van der Waals surface area contributed by atoms with E-state index in [0.29, 0.717) is 5.56 Å². The van der Waals surface area contributed by atoms with Crippen LogP contribution in [0.5, 0.6) is 0 Å². The number of aromatic nitrogens is 1. The van der Waals surface area contributed by atoms with Crippen molar-refractivity contribution in [2.24, 2.45) is 0 Å². The molecule has 0 bridgehead atoms. The molecule has 3 aromatic rings. The zero-order valence-electron chi connectivity index (χ0n) is 14.7. The summed E-state index contributed by atoms with van der Waals surface area (Å²) in [5, 5.41) is 2.59. The van der Waals surface area contributed by atoms with Crippen LogP contribution in [0.15, 0.2) is 65.7 Å². The molecule has 0 aliphatic carbocycles. The van der Waals surface area contributed by atoms with Crippen LogP contribution in [-0.2, 0) is 10.0 Å². The van der Waals surface area contributed by atoms with Crippen molar-refractivity contribution in [1.82, 2.24) is 10.3 Å². The van der Waals surface area contributed by atoms with Crippen molar-refractivity contribution in [3.8, 4) is 0 Å². The lowest BCUT2D eigenvalue weighted by atomic mass is 10.1. The summed E-state index contributed by atoms with van der Waals surface area (Å²) >= 11 is 0. The van der Waals surface area contributed by atoms with Crippen LogP contribution in [0.1, 0.15) is 29.0 Å². The van der Waals surface area contributed by atoms with E-state index in [2.05, 4.69) is 15.0 Å². The van der Waals surface area contributed by atoms with Crippen LogP contribution in [0, 0.1) is 11.6 Å². The molecule has 28 heavy (non-hydrogen) atoms. The predicted octanol–water partition coefficient (Wildman–Crippen LogP) is 3.58. The van der Waals surface area contributed by atoms with Gasteiger partial charge in [-0.15, -0.1) is 0 Å². The summed E-state index contributed by atoms with van der Waals surface area (Å²) in [6.45, 7) is 1.61. The number of benzene rings is 2. The smallest absolute Gasteiger partial charge is 0.268 e. The molecule has 3 rings (SSSR count). The number of H-pyrrole nitrogens is 1. The van der Waals surface area contributed by atoms with E-state index >= 15 is 0 Å². The molecule has 0 aliphatic heterocycles. The van der Waals surface area contributed by atoms with Crippen molar-refractivity contribution in [1.29, 1.82) is 0 Å². The van der Waals surface area contributed by atoms with E-state index in [9.17, 15) is 22.0 Å². The largest absolute Gasteiger partial charge is 0.356 e. The van der Waals surface area contributed by atoms with Gasteiger partial charge in [-0.25, -0.2) is 17.2 Å². The topological polar surface area (TPSA) is 91.1 Å². The maximum atomic E-state index is 13.8. The summed E-state index contributed by atoms with van der Waals surface area (Å²) in [5.74, 6) is -1.79. The molecule has 0 fully saturated rings. The minimum absolute atomic E-state index is 0.0305. The van der Waals surface area contributed by atoms with Gasteiger partial charge in [0, 0.05) is 11.8 Å². The molecule has 9 heteroatoms. The molecule has 3 N–H and O–H groups in total. The molecule has 146 valence electrons. The van der Waals surface area contributed by atoms with E-state index in [4.69, 9.17) is 0 Å². The summed E-state index contributed by atoms with van der Waals surface area (Å²) in [5.41, 5.74) is 0.0662. The third kappa shape index (κ3) is 4.20. The third-order valence-electron chi connectivity index (χ3n) is 4.05. The Morgan fingerprint density at radius 2 is 1.68 bits per heavy atom. The van der Waals surface area contributed by atoms with Gasteiger partial charge in [-0.05, 0) is 31.2 Å². The average molecular weight is 405 g/mol. The molecule has 0 aliphatic rings. The highest BCUT2D eigenvalue weighted by molar-refractivity contribution is 7.92. The van der Waals surface area contributed by atoms with E-state index in [1.807, 2.05) is 0 Å². The lowest BCUT2D eigenvalue weighted by molar-refractivity contribution is 0.0935. The quantitative estimate of drug-likeness (QED) is 0.585. The number of anilines is 1. The van der Waals surface area contributed by atoms with Crippen molar-refractivity contribution >= 4 is 21.6 Å². The molecule has 1 atom stereocenters. The lowest BCUT2D eigenvalue weighted by Gasteiger charge is -2.14. The number of sulfonamides is 1. The van der Waals surface area contributed by atoms with Gasteiger partial charge in [0.05, 0.1) is 11.7 Å². The number of amides is 1. The molecule has 1 amide bonds. The second kappa shape index (κ2) is 7.81. The second-order valence-electron chi connectivity index (χ2n) is 6.05. The van der Waals surface area contributed by atoms with Gasteiger partial charge in [-0.1, -0.05) is 30.3 Å². The molecule has 0 saturated carbocycles. The van der Waals surface area contributed by atoms with E-state index in [1.165, 1.54) is 30.3 Å². The second-order valence-corrected chi connectivity index (χ2v) is 7.73. The van der Waals surface area contributed by atoms with Gasteiger partial charge in [0.1, 0.15) is 22.2 Å². The van der Waals surface area contributed by atoms with Crippen molar-refractivity contribution in [3.63, 3.8) is 0 Å². The van der Waals surface area contributed by atoms with Gasteiger partial charge < -0.3 is 10.3 Å². The van der Waals surface area contributed by atoms with E-state index in [0.717, 1.165) is 18.3 Å². The Bertz CT molecular complexity index is 1110. The van der Waals surface area contributed by atoms with Crippen LogP contribution in [0.2, 0.25) is 0 Å². The summed E-state index contributed by atoms with van der Waals surface area (Å²) in [6.07, 6.45) is 1.12. The number of para-hydroxylation sites is 1. The zero-order valence-corrected chi connectivity index (χ0v) is 15.6. The van der Waals surface area contributed by atoms with E-state index in [-0.39, 0.29) is 16.3 Å². The number of hydrogen-bond donors (Lipinski definition) is 3. The van der Waals surface area contributed by atoms with Crippen molar-refractivity contribution in [2.75, 3.05) is 4.72 Å². The van der Waals surface area contributed by atoms with Gasteiger partial charge in [-0.2, -0.15) is 0 Å². The van der Waals surface area contributed by atoms with Crippen LogP contribution >= 0.6 is 0 Å². The van der Waals surface area contributed by atoms with Crippen LogP contribution in [0.3, 0.4) is 0 Å². The Kier molecular flexibility index (Phi) is 5.46. The highest BCUT2D eigenvalue weighted by Crippen LogP contribution is 2.20. The highest BCUT2D eigenvalue weighted by Gasteiger charge is 2.21. The molecule has 2 aromatic carbocycles. The normalized spacial score (nSPS) is 12.4. The third-order valence-corrected chi connectivity index (χ3v) is 5.39. The Hall–Kier alpha value is -3.20. The standard InChI is InChI=1S/C19H17F2N3O3S/c1-12(14-6-2-3-7-15(14)20)23-19(25)18-10-13(11-22-18)28(26,27)24-17-9-5-4-8-16(17)21/h2-12,22,24H,1H3,(H,23,25). The molecule has 1 unspecified atom stereocenters. The maximum Gasteiger partial charge on any atom is 0.268 e. The Labute approximate surface area is 160 Å². The van der Waals surface area contributed by atoms with Gasteiger partial charge in [0.15, 0.2) is 0 Å². The predicted molar refractivity (Wildman–Crippen MR) is 100 cm³/mol. The first-order valence-corrected chi connectivity index (χ1v) is 9.77. The summed E-state index contributed by atoms with van der Waals surface area (Å²) in [4.78, 5) is 14.7. The van der Waals surface area contributed by atoms with E-state index < -0.39 is 33.6 Å². The number of carbonyl (C=O) groups excluding carboxylic acids is 1. The summed E-state index contributed by atoms with van der Waals surface area (Å²) in [7, 11) is -4.10. The fourth-order valence-electron chi connectivity index (χ4n) is 2.59. The number of aromatic amines is 1. The highest BCUT2D eigenvalue weighted by atomic mass is 32.2. The van der Waals surface area contributed by atoms with Crippen LogP contribution in [0.4, 0.5) is 14.5 Å². The van der Waals surface area contributed by atoms with Crippen LogP contribution in [-0.4, -0.2) is 19.3 Å². The monoisotopic (exact) mass is 405 g/mol. The molecule has 0 radical (unpaired) electrons. The molecule has 1 aromatic heterocycles. The number of rotatable bonds is 6. The summed E-state index contributed by atoms with van der Waals surface area (Å²) in [6, 6.07) is 11.8. The Morgan fingerprint density at radius 1 is 1.04 bits per heavy atom. The molecular weight excluding hydrogens is 388 g/mol. The zero-order chi connectivity index (χ0) is 20.3. The SMILES string of the molecule is CC(NC(=O)c1cc(S(=O)(=O)Nc2ccccc2F)c[nH]1)c1ccccc1F. The number of hydrogen-bond acceptors (Lipinski definition) is 3. The van der Waals surface area contributed by atoms with Gasteiger partial charge in [-0.3, -0.25) is 9.52 Å². The fraction of sp³-hybridized carbons (Fsp3) is 0.105. The van der Waals surface area contributed by atoms with Crippen molar-refractivity contribution in [2.45, 2.75) is 17.9 Å². The van der Waals surface area contributed by atoms with Gasteiger partial charge >= 0.3 is 0 Å². The molecule has 0 saturated heterocycles. The number of carbonyl (C=O) groups is 1. The first-order chi connectivity index (χ1) is 13.3. The van der Waals surface area contributed by atoms with Gasteiger partial charge in [0.25, 0.3) is 15.9 Å². The minimum Gasteiger partial charge on any atom is -0.356 e. The van der Waals surface area contributed by atoms with Gasteiger partial charge in [0.2, 0.25) is 0 Å². The summed E-state index contributed by atoms with van der Waals surface area (Å²) < 4.78 is 54.4. The average Bonchev–Trinajstić information content (AvgIpc) is 3.15. The number of halogens is 2. The Balaban J connectivity index is 1.75. The van der Waals surface area contributed by atoms with Crippen molar-refractivity contribution < 1.29 is 22.0 Å². The molecule has 6 nitrogen and oxygen atoms in total. The molecule has 0 spiro atoms. The van der Waals surface area contributed by atoms with E-state index in [1.54, 1.807) is 19.1 Å². The molecule has 1 heterocycles. The van der Waals surface area contributed by atoms with Crippen LogP contribution < -0.4 is 10.0 Å².